The predicted octanol–water partition coefficient (Wildman–Crippen LogP) is 4.54. The van der Waals surface area contributed by atoms with Crippen LogP contribution >= 0.6 is 23.2 Å². The summed E-state index contributed by atoms with van der Waals surface area (Å²) >= 11 is 12.1. The fraction of sp³-hybridized carbons (Fsp3) is 0.500. The summed E-state index contributed by atoms with van der Waals surface area (Å²) in [5, 5.41) is 1.39. The number of carbonyl (C=O) groups excluding carboxylic acids is 1. The number of halogens is 2. The normalized spacial score (nSPS) is 25.0. The van der Waals surface area contributed by atoms with Crippen LogP contribution in [0.4, 0.5) is 0 Å². The Balaban J connectivity index is 2.14. The molecule has 0 aromatic heterocycles. The maximum absolute atomic E-state index is 11.9. The van der Waals surface area contributed by atoms with Crippen molar-refractivity contribution in [1.82, 2.24) is 0 Å². The minimum atomic E-state index is 0.120. The molecule has 2 atom stereocenters. The first-order chi connectivity index (χ1) is 8.06. The SMILES string of the molecule is CC1CCC(=O)C(Cc2cc(Cl)ccc2Cl)C1. The highest BCUT2D eigenvalue weighted by Gasteiger charge is 2.27. The summed E-state index contributed by atoms with van der Waals surface area (Å²) in [6.45, 7) is 2.21. The molecule has 0 heterocycles. The lowest BCUT2D eigenvalue weighted by Gasteiger charge is -2.25. The standard InChI is InChI=1S/C14H16Cl2O/c1-9-2-5-14(17)11(6-9)7-10-8-12(15)3-4-13(10)16/h3-4,8-9,11H,2,5-7H2,1H3. The molecule has 0 radical (unpaired) electrons. The zero-order valence-electron chi connectivity index (χ0n) is 9.88. The van der Waals surface area contributed by atoms with E-state index < -0.39 is 0 Å². The van der Waals surface area contributed by atoms with Gasteiger partial charge in [0.1, 0.15) is 5.78 Å². The van der Waals surface area contributed by atoms with Crippen molar-refractivity contribution in [2.45, 2.75) is 32.6 Å². The highest BCUT2D eigenvalue weighted by atomic mass is 35.5. The van der Waals surface area contributed by atoms with Gasteiger partial charge in [0.2, 0.25) is 0 Å². The fourth-order valence-electron chi connectivity index (χ4n) is 2.49. The zero-order chi connectivity index (χ0) is 12.4. The van der Waals surface area contributed by atoms with Gasteiger partial charge in [-0.25, -0.2) is 0 Å². The second-order valence-electron chi connectivity index (χ2n) is 4.98. The Labute approximate surface area is 112 Å². The van der Waals surface area contributed by atoms with Gasteiger partial charge in [-0.3, -0.25) is 4.79 Å². The van der Waals surface area contributed by atoms with Gasteiger partial charge in [-0.15, -0.1) is 0 Å². The number of Topliss-reactive ketones (excluding diaryl/α,β-unsaturated/α-hetero) is 1. The molecule has 1 aliphatic rings. The first-order valence-corrected chi connectivity index (χ1v) is 6.78. The largest absolute Gasteiger partial charge is 0.299 e. The van der Waals surface area contributed by atoms with Crippen LogP contribution in [0, 0.1) is 11.8 Å². The van der Waals surface area contributed by atoms with Crippen LogP contribution in [0.3, 0.4) is 0 Å². The molecule has 1 nitrogen and oxygen atoms in total. The van der Waals surface area contributed by atoms with Gasteiger partial charge in [0.15, 0.2) is 0 Å². The Hall–Kier alpha value is -0.530. The molecule has 1 aromatic carbocycles. The van der Waals surface area contributed by atoms with E-state index in [4.69, 9.17) is 23.2 Å². The summed E-state index contributed by atoms with van der Waals surface area (Å²) in [5.74, 6) is 1.13. The van der Waals surface area contributed by atoms with Crippen molar-refractivity contribution < 1.29 is 4.79 Å². The van der Waals surface area contributed by atoms with Crippen LogP contribution in [0.15, 0.2) is 18.2 Å². The van der Waals surface area contributed by atoms with Crippen molar-refractivity contribution in [1.29, 1.82) is 0 Å². The third-order valence-electron chi connectivity index (χ3n) is 3.50. The summed E-state index contributed by atoms with van der Waals surface area (Å²) in [5.41, 5.74) is 0.992. The van der Waals surface area contributed by atoms with Crippen molar-refractivity contribution in [3.8, 4) is 0 Å². The molecule has 0 amide bonds. The Kier molecular flexibility index (Phi) is 4.11. The van der Waals surface area contributed by atoms with Crippen LogP contribution in [0.5, 0.6) is 0 Å². The second-order valence-corrected chi connectivity index (χ2v) is 5.83. The van der Waals surface area contributed by atoms with Crippen LogP contribution in [-0.4, -0.2) is 5.78 Å². The van der Waals surface area contributed by atoms with E-state index >= 15 is 0 Å². The number of hydrogen-bond acceptors (Lipinski definition) is 1. The molecule has 1 aromatic rings. The lowest BCUT2D eigenvalue weighted by Crippen LogP contribution is -2.25. The van der Waals surface area contributed by atoms with Crippen molar-refractivity contribution in [3.05, 3.63) is 33.8 Å². The first-order valence-electron chi connectivity index (χ1n) is 6.03. The molecule has 0 spiro atoms. The molecule has 1 fully saturated rings. The summed E-state index contributed by atoms with van der Waals surface area (Å²) in [6.07, 6.45) is 3.44. The molecule has 0 bridgehead atoms. The highest BCUT2D eigenvalue weighted by molar-refractivity contribution is 6.33. The molecule has 0 aliphatic heterocycles. The van der Waals surface area contributed by atoms with Crippen molar-refractivity contribution >= 4 is 29.0 Å². The molecule has 0 saturated heterocycles. The molecule has 2 rings (SSSR count). The molecular formula is C14H16Cl2O. The van der Waals surface area contributed by atoms with Gasteiger partial charge >= 0.3 is 0 Å². The van der Waals surface area contributed by atoms with Crippen LogP contribution < -0.4 is 0 Å². The topological polar surface area (TPSA) is 17.1 Å². The maximum Gasteiger partial charge on any atom is 0.136 e. The average Bonchev–Trinajstić information content (AvgIpc) is 2.28. The monoisotopic (exact) mass is 270 g/mol. The minimum absolute atomic E-state index is 0.120. The Morgan fingerprint density at radius 1 is 1.35 bits per heavy atom. The maximum atomic E-state index is 11.9. The number of ketones is 1. The Bertz CT molecular complexity index is 428. The van der Waals surface area contributed by atoms with E-state index in [1.54, 1.807) is 12.1 Å². The smallest absolute Gasteiger partial charge is 0.136 e. The van der Waals surface area contributed by atoms with Crippen LogP contribution in [0.25, 0.3) is 0 Å². The van der Waals surface area contributed by atoms with E-state index in [1.165, 1.54) is 0 Å². The zero-order valence-corrected chi connectivity index (χ0v) is 11.4. The third kappa shape index (κ3) is 3.23. The van der Waals surface area contributed by atoms with Gasteiger partial charge < -0.3 is 0 Å². The number of hydrogen-bond donors (Lipinski definition) is 0. The van der Waals surface area contributed by atoms with Crippen LogP contribution in [-0.2, 0) is 11.2 Å². The lowest BCUT2D eigenvalue weighted by atomic mass is 9.78. The van der Waals surface area contributed by atoms with E-state index in [1.807, 2.05) is 6.07 Å². The van der Waals surface area contributed by atoms with Crippen molar-refractivity contribution in [2.75, 3.05) is 0 Å². The molecule has 92 valence electrons. The van der Waals surface area contributed by atoms with E-state index in [-0.39, 0.29) is 5.92 Å². The van der Waals surface area contributed by atoms with E-state index in [9.17, 15) is 4.79 Å². The second kappa shape index (κ2) is 5.41. The molecule has 1 aliphatic carbocycles. The third-order valence-corrected chi connectivity index (χ3v) is 4.10. The fourth-order valence-corrected chi connectivity index (χ4v) is 2.88. The molecule has 0 N–H and O–H groups in total. The first kappa shape index (κ1) is 12.9. The molecule has 3 heteroatoms. The van der Waals surface area contributed by atoms with E-state index in [0.29, 0.717) is 28.2 Å². The van der Waals surface area contributed by atoms with E-state index in [0.717, 1.165) is 24.8 Å². The van der Waals surface area contributed by atoms with E-state index in [2.05, 4.69) is 6.92 Å². The van der Waals surface area contributed by atoms with Gasteiger partial charge in [0.25, 0.3) is 0 Å². The van der Waals surface area contributed by atoms with Crippen molar-refractivity contribution in [2.24, 2.45) is 11.8 Å². The summed E-state index contributed by atoms with van der Waals surface area (Å²) in [7, 11) is 0. The molecular weight excluding hydrogens is 255 g/mol. The Morgan fingerprint density at radius 3 is 2.88 bits per heavy atom. The van der Waals surface area contributed by atoms with Crippen LogP contribution in [0.1, 0.15) is 31.7 Å². The number of carbonyl (C=O) groups is 1. The molecule has 1 saturated carbocycles. The van der Waals surface area contributed by atoms with Crippen LogP contribution in [0.2, 0.25) is 10.0 Å². The van der Waals surface area contributed by atoms with Gasteiger partial charge in [0.05, 0.1) is 0 Å². The van der Waals surface area contributed by atoms with Gasteiger partial charge in [-0.05, 0) is 48.9 Å². The number of rotatable bonds is 2. The van der Waals surface area contributed by atoms with Gasteiger partial charge in [0, 0.05) is 22.4 Å². The quantitative estimate of drug-likeness (QED) is 0.771. The summed E-state index contributed by atoms with van der Waals surface area (Å²) < 4.78 is 0. The summed E-state index contributed by atoms with van der Waals surface area (Å²) in [4.78, 5) is 11.9. The summed E-state index contributed by atoms with van der Waals surface area (Å²) in [6, 6.07) is 5.45. The molecule has 17 heavy (non-hydrogen) atoms. The van der Waals surface area contributed by atoms with Gasteiger partial charge in [-0.2, -0.15) is 0 Å². The van der Waals surface area contributed by atoms with Crippen molar-refractivity contribution in [3.63, 3.8) is 0 Å². The average molecular weight is 271 g/mol. The number of benzene rings is 1. The predicted molar refractivity (Wildman–Crippen MR) is 71.7 cm³/mol. The molecule has 2 unspecified atom stereocenters. The van der Waals surface area contributed by atoms with Gasteiger partial charge in [-0.1, -0.05) is 30.1 Å². The lowest BCUT2D eigenvalue weighted by molar-refractivity contribution is -0.125. The Morgan fingerprint density at radius 2 is 2.12 bits per heavy atom. The minimum Gasteiger partial charge on any atom is -0.299 e. The highest BCUT2D eigenvalue weighted by Crippen LogP contribution is 2.31.